The van der Waals surface area contributed by atoms with Crippen LogP contribution in [-0.4, -0.2) is 28.3 Å². The number of anilines is 1. The lowest BCUT2D eigenvalue weighted by atomic mass is 10.1. The van der Waals surface area contributed by atoms with Gasteiger partial charge in [0.25, 0.3) is 11.6 Å². The Balaban J connectivity index is 2.26. The Morgan fingerprint density at radius 1 is 1.33 bits per heavy atom. The van der Waals surface area contributed by atoms with Gasteiger partial charge in [-0.1, -0.05) is 17.7 Å². The largest absolute Gasteiger partial charge is 0.396 e. The molecule has 2 aromatic rings. The van der Waals surface area contributed by atoms with Crippen molar-refractivity contribution in [3.05, 3.63) is 68.7 Å². The maximum atomic E-state index is 12.3. The molecule has 0 bridgehead atoms. The summed E-state index contributed by atoms with van der Waals surface area (Å²) in [5, 5.41) is 32.5. The SMILES string of the molecule is N#CC(=Cc1ccc(SCCO)c([N+](=O)[O-])c1)C(=O)Nc1ccc(Cl)cc1. The fraction of sp³-hybridized carbons (Fsp3) is 0.111. The van der Waals surface area contributed by atoms with Gasteiger partial charge in [-0.3, -0.25) is 14.9 Å². The Kier molecular flexibility index (Phi) is 7.37. The molecule has 27 heavy (non-hydrogen) atoms. The summed E-state index contributed by atoms with van der Waals surface area (Å²) in [7, 11) is 0. The van der Waals surface area contributed by atoms with E-state index in [2.05, 4.69) is 5.32 Å². The van der Waals surface area contributed by atoms with Gasteiger partial charge in [-0.05, 0) is 42.0 Å². The number of nitriles is 1. The second kappa shape index (κ2) is 9.73. The van der Waals surface area contributed by atoms with E-state index in [1.165, 1.54) is 18.2 Å². The van der Waals surface area contributed by atoms with Crippen molar-refractivity contribution in [1.82, 2.24) is 0 Å². The molecule has 0 aromatic heterocycles. The van der Waals surface area contributed by atoms with Crippen LogP contribution in [0.1, 0.15) is 5.56 Å². The zero-order valence-corrected chi connectivity index (χ0v) is 15.5. The van der Waals surface area contributed by atoms with Gasteiger partial charge in [-0.25, -0.2) is 0 Å². The first-order valence-corrected chi connectivity index (χ1v) is 9.01. The molecule has 0 saturated carbocycles. The van der Waals surface area contributed by atoms with Crippen LogP contribution in [0.25, 0.3) is 6.08 Å². The van der Waals surface area contributed by atoms with E-state index >= 15 is 0 Å². The fourth-order valence-corrected chi connectivity index (χ4v) is 2.97. The molecule has 138 valence electrons. The number of benzene rings is 2. The maximum Gasteiger partial charge on any atom is 0.283 e. The first kappa shape index (κ1) is 20.5. The topological polar surface area (TPSA) is 116 Å². The second-order valence-electron chi connectivity index (χ2n) is 5.19. The predicted molar refractivity (Wildman–Crippen MR) is 105 cm³/mol. The first-order valence-electron chi connectivity index (χ1n) is 7.65. The highest BCUT2D eigenvalue weighted by Crippen LogP contribution is 2.30. The number of amides is 1. The minimum atomic E-state index is -0.638. The van der Waals surface area contributed by atoms with E-state index in [0.29, 0.717) is 26.9 Å². The van der Waals surface area contributed by atoms with Gasteiger partial charge in [0.1, 0.15) is 11.6 Å². The number of nitrogens with zero attached hydrogens (tertiary/aromatic N) is 2. The molecule has 0 radical (unpaired) electrons. The molecule has 0 heterocycles. The number of aliphatic hydroxyl groups excluding tert-OH is 1. The van der Waals surface area contributed by atoms with Crippen molar-refractivity contribution in [1.29, 1.82) is 5.26 Å². The smallest absolute Gasteiger partial charge is 0.283 e. The van der Waals surface area contributed by atoms with Crippen molar-refractivity contribution >= 4 is 46.7 Å². The maximum absolute atomic E-state index is 12.3. The zero-order valence-electron chi connectivity index (χ0n) is 13.9. The summed E-state index contributed by atoms with van der Waals surface area (Å²) in [5.41, 5.74) is 0.456. The molecule has 0 aliphatic heterocycles. The van der Waals surface area contributed by atoms with Gasteiger partial charge in [0.05, 0.1) is 16.4 Å². The molecule has 0 aliphatic carbocycles. The number of nitro benzene ring substituents is 1. The molecule has 7 nitrogen and oxygen atoms in total. The normalized spacial score (nSPS) is 10.9. The molecule has 2 rings (SSSR count). The number of rotatable bonds is 7. The number of aliphatic hydroxyl groups is 1. The van der Waals surface area contributed by atoms with Gasteiger partial charge >= 0.3 is 0 Å². The van der Waals surface area contributed by atoms with Crippen LogP contribution in [0.4, 0.5) is 11.4 Å². The third kappa shape index (κ3) is 5.82. The molecule has 0 spiro atoms. The monoisotopic (exact) mass is 403 g/mol. The van der Waals surface area contributed by atoms with Crippen molar-refractivity contribution < 1.29 is 14.8 Å². The highest BCUT2D eigenvalue weighted by molar-refractivity contribution is 7.99. The Morgan fingerprint density at radius 3 is 2.63 bits per heavy atom. The standard InChI is InChI=1S/C18H14ClN3O4S/c19-14-2-4-15(5-3-14)21-18(24)13(11-20)9-12-1-6-17(27-8-7-23)16(10-12)22(25)26/h1-6,9-10,23H,7-8H2,(H,21,24). The number of carbonyl (C=O) groups excluding carboxylic acids is 1. The minimum Gasteiger partial charge on any atom is -0.396 e. The number of hydrogen-bond acceptors (Lipinski definition) is 6. The number of carbonyl (C=O) groups is 1. The lowest BCUT2D eigenvalue weighted by molar-refractivity contribution is -0.387. The lowest BCUT2D eigenvalue weighted by Gasteiger charge is -2.05. The Hall–Kier alpha value is -2.86. The van der Waals surface area contributed by atoms with Gasteiger partial charge in [0, 0.05) is 22.5 Å². The zero-order chi connectivity index (χ0) is 19.8. The molecule has 0 unspecified atom stereocenters. The molecule has 9 heteroatoms. The Labute approximate surface area is 164 Å². The quantitative estimate of drug-likeness (QED) is 0.238. The van der Waals surface area contributed by atoms with Gasteiger partial charge in [-0.15, -0.1) is 11.8 Å². The molecule has 0 aliphatic rings. The summed E-state index contributed by atoms with van der Waals surface area (Å²) in [6.07, 6.45) is 1.28. The van der Waals surface area contributed by atoms with Crippen LogP contribution in [0.5, 0.6) is 0 Å². The Morgan fingerprint density at radius 2 is 2.04 bits per heavy atom. The third-order valence-corrected chi connectivity index (χ3v) is 4.60. The van der Waals surface area contributed by atoms with Crippen molar-refractivity contribution in [2.75, 3.05) is 17.7 Å². The van der Waals surface area contributed by atoms with Crippen LogP contribution in [0, 0.1) is 21.4 Å². The van der Waals surface area contributed by atoms with Crippen LogP contribution in [0.2, 0.25) is 5.02 Å². The van der Waals surface area contributed by atoms with E-state index in [1.54, 1.807) is 36.4 Å². The van der Waals surface area contributed by atoms with E-state index in [-0.39, 0.29) is 17.9 Å². The van der Waals surface area contributed by atoms with E-state index in [4.69, 9.17) is 16.7 Å². The highest BCUT2D eigenvalue weighted by atomic mass is 35.5. The molecule has 0 fully saturated rings. The third-order valence-electron chi connectivity index (χ3n) is 3.31. The number of halogens is 1. The first-order chi connectivity index (χ1) is 12.9. The van der Waals surface area contributed by atoms with E-state index in [0.717, 1.165) is 11.8 Å². The highest BCUT2D eigenvalue weighted by Gasteiger charge is 2.16. The molecule has 2 N–H and O–H groups in total. The summed E-state index contributed by atoms with van der Waals surface area (Å²) >= 11 is 6.93. The lowest BCUT2D eigenvalue weighted by Crippen LogP contribution is -2.13. The number of nitro groups is 1. The van der Waals surface area contributed by atoms with E-state index in [9.17, 15) is 20.2 Å². The van der Waals surface area contributed by atoms with Crippen LogP contribution in [-0.2, 0) is 4.79 Å². The van der Waals surface area contributed by atoms with E-state index in [1.807, 2.05) is 0 Å². The van der Waals surface area contributed by atoms with Gasteiger partial charge < -0.3 is 10.4 Å². The molecule has 1 amide bonds. The van der Waals surface area contributed by atoms with Gasteiger partial charge in [0.2, 0.25) is 0 Å². The van der Waals surface area contributed by atoms with Crippen molar-refractivity contribution in [2.45, 2.75) is 4.90 Å². The van der Waals surface area contributed by atoms with E-state index < -0.39 is 10.8 Å². The average molecular weight is 404 g/mol. The van der Waals surface area contributed by atoms with Gasteiger partial charge in [0.15, 0.2) is 0 Å². The summed E-state index contributed by atoms with van der Waals surface area (Å²) < 4.78 is 0. The predicted octanol–water partition coefficient (Wildman–Crippen LogP) is 3.88. The number of hydrogen-bond donors (Lipinski definition) is 2. The molecular weight excluding hydrogens is 390 g/mol. The summed E-state index contributed by atoms with van der Waals surface area (Å²) in [6, 6.07) is 12.5. The van der Waals surface area contributed by atoms with Crippen molar-refractivity contribution in [3.8, 4) is 6.07 Å². The molecule has 0 atom stereocenters. The van der Waals surface area contributed by atoms with Crippen LogP contribution in [0.3, 0.4) is 0 Å². The molecular formula is C18H14ClN3O4S. The molecule has 2 aromatic carbocycles. The fourth-order valence-electron chi connectivity index (χ4n) is 2.09. The average Bonchev–Trinajstić information content (AvgIpc) is 2.66. The van der Waals surface area contributed by atoms with Crippen LogP contribution in [0.15, 0.2) is 52.9 Å². The van der Waals surface area contributed by atoms with Crippen LogP contribution < -0.4 is 5.32 Å². The summed E-state index contributed by atoms with van der Waals surface area (Å²) in [6.45, 7) is -0.104. The van der Waals surface area contributed by atoms with Gasteiger partial charge in [-0.2, -0.15) is 5.26 Å². The van der Waals surface area contributed by atoms with Crippen molar-refractivity contribution in [3.63, 3.8) is 0 Å². The molecule has 0 saturated heterocycles. The second-order valence-corrected chi connectivity index (χ2v) is 6.76. The van der Waals surface area contributed by atoms with Crippen molar-refractivity contribution in [2.24, 2.45) is 0 Å². The minimum absolute atomic E-state index is 0.104. The number of nitrogens with one attached hydrogen (secondary N) is 1. The number of thioether (sulfide) groups is 1. The Bertz CT molecular complexity index is 923. The summed E-state index contributed by atoms with van der Waals surface area (Å²) in [5.74, 6) is -0.315. The summed E-state index contributed by atoms with van der Waals surface area (Å²) in [4.78, 5) is 23.4. The van der Waals surface area contributed by atoms with Crippen LogP contribution >= 0.6 is 23.4 Å².